The topological polar surface area (TPSA) is 109 Å². The summed E-state index contributed by atoms with van der Waals surface area (Å²) in [4.78, 5) is 29.1. The molecule has 2 heterocycles. The van der Waals surface area contributed by atoms with Crippen molar-refractivity contribution in [3.05, 3.63) is 82.2 Å². The zero-order valence-corrected chi connectivity index (χ0v) is 15.1. The number of carbonyl (C=O) groups excluding carboxylic acids is 1. The number of anilines is 1. The lowest BCUT2D eigenvalue weighted by Gasteiger charge is -2.30. The second-order valence-electron chi connectivity index (χ2n) is 6.33. The zero-order valence-electron chi connectivity index (χ0n) is 15.1. The van der Waals surface area contributed by atoms with Crippen LogP contribution in [0.1, 0.15) is 15.9 Å². The summed E-state index contributed by atoms with van der Waals surface area (Å²) in [7, 11) is 0. The van der Waals surface area contributed by atoms with E-state index in [-0.39, 0.29) is 11.6 Å². The number of fused-ring (bicyclic) bond motifs is 1. The maximum Gasteiger partial charge on any atom is 0.269 e. The largest absolute Gasteiger partial charge is 0.489 e. The molecular formula is C21H14N4O4. The second-order valence-corrected chi connectivity index (χ2v) is 6.33. The molecule has 3 aromatic rings. The molecule has 0 saturated carbocycles. The maximum absolute atomic E-state index is 13.0. The number of nitriles is 1. The Balaban J connectivity index is 1.70. The Labute approximate surface area is 165 Å². The first-order chi connectivity index (χ1) is 14.1. The molecule has 8 heteroatoms. The molecule has 0 unspecified atom stereocenters. The molecule has 1 aliphatic heterocycles. The summed E-state index contributed by atoms with van der Waals surface area (Å²) in [5.41, 5.74) is 2.87. The molecule has 0 radical (unpaired) electrons. The third kappa shape index (κ3) is 3.37. The third-order valence-corrected chi connectivity index (χ3v) is 4.63. The lowest BCUT2D eigenvalue weighted by Crippen LogP contribution is -2.38. The number of benzene rings is 2. The number of hydrogen-bond donors (Lipinski definition) is 0. The molecular weight excluding hydrogens is 372 g/mol. The van der Waals surface area contributed by atoms with E-state index in [9.17, 15) is 14.9 Å². The van der Waals surface area contributed by atoms with E-state index in [0.29, 0.717) is 41.3 Å². The van der Waals surface area contributed by atoms with Crippen molar-refractivity contribution < 1.29 is 14.5 Å². The SMILES string of the molecule is N#Cc1ccc(-c2cncc3c2OCCN3C(=O)c2ccc([N+](=O)[O-])cc2)cc1. The summed E-state index contributed by atoms with van der Waals surface area (Å²) >= 11 is 0. The van der Waals surface area contributed by atoms with Gasteiger partial charge in [0.1, 0.15) is 12.3 Å². The molecule has 2 aromatic carbocycles. The van der Waals surface area contributed by atoms with E-state index in [2.05, 4.69) is 11.1 Å². The van der Waals surface area contributed by atoms with Crippen molar-refractivity contribution in [1.82, 2.24) is 4.98 Å². The summed E-state index contributed by atoms with van der Waals surface area (Å²) in [6.07, 6.45) is 3.21. The van der Waals surface area contributed by atoms with Gasteiger partial charge in [-0.2, -0.15) is 5.26 Å². The highest BCUT2D eigenvalue weighted by Gasteiger charge is 2.27. The highest BCUT2D eigenvalue weighted by molar-refractivity contribution is 6.07. The van der Waals surface area contributed by atoms with Crippen LogP contribution in [0.5, 0.6) is 5.75 Å². The number of amides is 1. The van der Waals surface area contributed by atoms with Gasteiger partial charge in [-0.1, -0.05) is 12.1 Å². The summed E-state index contributed by atoms with van der Waals surface area (Å²) in [6, 6.07) is 14.6. The van der Waals surface area contributed by atoms with Gasteiger partial charge in [0.2, 0.25) is 0 Å². The standard InChI is InChI=1S/C21H14N4O4/c22-11-14-1-3-15(4-2-14)18-12-23-13-19-20(18)29-10-9-24(19)21(26)16-5-7-17(8-6-16)25(27)28/h1-8,12-13H,9-10H2. The summed E-state index contributed by atoms with van der Waals surface area (Å²) in [5.74, 6) is 0.245. The highest BCUT2D eigenvalue weighted by Crippen LogP contribution is 2.40. The van der Waals surface area contributed by atoms with Gasteiger partial charge in [-0.15, -0.1) is 0 Å². The molecule has 0 fully saturated rings. The molecule has 142 valence electrons. The number of rotatable bonds is 3. The van der Waals surface area contributed by atoms with Crippen LogP contribution >= 0.6 is 0 Å². The number of nitro benzene ring substituents is 1. The molecule has 1 aliphatic rings. The second kappa shape index (κ2) is 7.40. The third-order valence-electron chi connectivity index (χ3n) is 4.63. The predicted molar refractivity (Wildman–Crippen MR) is 105 cm³/mol. The van der Waals surface area contributed by atoms with Gasteiger partial charge in [-0.3, -0.25) is 19.9 Å². The molecule has 0 N–H and O–H groups in total. The van der Waals surface area contributed by atoms with E-state index in [1.54, 1.807) is 41.6 Å². The van der Waals surface area contributed by atoms with Gasteiger partial charge in [0.05, 0.1) is 29.3 Å². The monoisotopic (exact) mass is 386 g/mol. The minimum atomic E-state index is -0.508. The Hall–Kier alpha value is -4.25. The first kappa shape index (κ1) is 18.1. The lowest BCUT2D eigenvalue weighted by atomic mass is 10.0. The van der Waals surface area contributed by atoms with Gasteiger partial charge >= 0.3 is 0 Å². The fourth-order valence-corrected chi connectivity index (χ4v) is 3.16. The predicted octanol–water partition coefficient (Wildman–Crippen LogP) is 3.57. The number of non-ortho nitro benzene ring substituents is 1. The number of ether oxygens (including phenoxy) is 1. The molecule has 1 aromatic heterocycles. The normalized spacial score (nSPS) is 12.4. The van der Waals surface area contributed by atoms with Crippen molar-refractivity contribution in [1.29, 1.82) is 5.26 Å². The minimum absolute atomic E-state index is 0.0753. The van der Waals surface area contributed by atoms with Crippen LogP contribution in [0.3, 0.4) is 0 Å². The quantitative estimate of drug-likeness (QED) is 0.503. The molecule has 4 rings (SSSR count). The molecule has 29 heavy (non-hydrogen) atoms. The zero-order chi connectivity index (χ0) is 20.4. The first-order valence-corrected chi connectivity index (χ1v) is 8.76. The number of aromatic nitrogens is 1. The van der Waals surface area contributed by atoms with Gasteiger partial charge in [-0.25, -0.2) is 0 Å². The number of nitro groups is 1. The van der Waals surface area contributed by atoms with Gasteiger partial charge < -0.3 is 9.64 Å². The van der Waals surface area contributed by atoms with Crippen LogP contribution in [0, 0.1) is 21.4 Å². The van der Waals surface area contributed by atoms with Crippen molar-refractivity contribution in [2.24, 2.45) is 0 Å². The van der Waals surface area contributed by atoms with Crippen LogP contribution < -0.4 is 9.64 Å². The van der Waals surface area contributed by atoms with Crippen molar-refractivity contribution in [3.63, 3.8) is 0 Å². The highest BCUT2D eigenvalue weighted by atomic mass is 16.6. The van der Waals surface area contributed by atoms with E-state index in [1.807, 2.05) is 0 Å². The fraction of sp³-hybridized carbons (Fsp3) is 0.0952. The van der Waals surface area contributed by atoms with E-state index in [1.165, 1.54) is 24.3 Å². The number of nitrogens with zero attached hydrogens (tertiary/aromatic N) is 4. The van der Waals surface area contributed by atoms with E-state index < -0.39 is 4.92 Å². The molecule has 0 saturated heterocycles. The van der Waals surface area contributed by atoms with Crippen LogP contribution in [0.25, 0.3) is 11.1 Å². The molecule has 8 nitrogen and oxygen atoms in total. The van der Waals surface area contributed by atoms with Crippen molar-refractivity contribution >= 4 is 17.3 Å². The van der Waals surface area contributed by atoms with E-state index >= 15 is 0 Å². The molecule has 0 aliphatic carbocycles. The molecule has 0 atom stereocenters. The fourth-order valence-electron chi connectivity index (χ4n) is 3.16. The Bertz CT molecular complexity index is 1130. The average molecular weight is 386 g/mol. The van der Waals surface area contributed by atoms with Gasteiger partial charge in [-0.05, 0) is 29.8 Å². The lowest BCUT2D eigenvalue weighted by molar-refractivity contribution is -0.384. The van der Waals surface area contributed by atoms with Gasteiger partial charge in [0.25, 0.3) is 11.6 Å². The Morgan fingerprint density at radius 3 is 2.52 bits per heavy atom. The number of carbonyl (C=O) groups is 1. The first-order valence-electron chi connectivity index (χ1n) is 8.76. The maximum atomic E-state index is 13.0. The summed E-state index contributed by atoms with van der Waals surface area (Å²) in [5, 5.41) is 19.8. The van der Waals surface area contributed by atoms with Gasteiger partial charge in [0, 0.05) is 29.5 Å². The molecule has 0 spiro atoms. The molecule has 1 amide bonds. The minimum Gasteiger partial charge on any atom is -0.489 e. The van der Waals surface area contributed by atoms with E-state index in [0.717, 1.165) is 5.56 Å². The number of pyridine rings is 1. The van der Waals surface area contributed by atoms with Crippen molar-refractivity contribution in [2.75, 3.05) is 18.1 Å². The van der Waals surface area contributed by atoms with Crippen LogP contribution in [0.4, 0.5) is 11.4 Å². The molecule has 0 bridgehead atoms. The van der Waals surface area contributed by atoms with Crippen molar-refractivity contribution in [2.45, 2.75) is 0 Å². The average Bonchev–Trinajstić information content (AvgIpc) is 2.78. The Kier molecular flexibility index (Phi) is 4.63. The summed E-state index contributed by atoms with van der Waals surface area (Å²) < 4.78 is 5.84. The van der Waals surface area contributed by atoms with Gasteiger partial charge in [0.15, 0.2) is 5.75 Å². The Morgan fingerprint density at radius 1 is 1.14 bits per heavy atom. The van der Waals surface area contributed by atoms with Crippen LogP contribution in [-0.2, 0) is 0 Å². The summed E-state index contributed by atoms with van der Waals surface area (Å²) in [6.45, 7) is 0.639. The van der Waals surface area contributed by atoms with Crippen molar-refractivity contribution in [3.8, 4) is 22.9 Å². The van der Waals surface area contributed by atoms with Crippen LogP contribution in [0.15, 0.2) is 60.9 Å². The Morgan fingerprint density at radius 2 is 1.86 bits per heavy atom. The smallest absolute Gasteiger partial charge is 0.269 e. The van der Waals surface area contributed by atoms with Crippen LogP contribution in [0.2, 0.25) is 0 Å². The van der Waals surface area contributed by atoms with Crippen LogP contribution in [-0.4, -0.2) is 29.0 Å². The number of hydrogen-bond acceptors (Lipinski definition) is 6. The van der Waals surface area contributed by atoms with E-state index in [4.69, 9.17) is 10.00 Å².